The van der Waals surface area contributed by atoms with Gasteiger partial charge in [-0.15, -0.1) is 0 Å². The molecule has 192 valence electrons. The minimum atomic E-state index is -3.83. The van der Waals surface area contributed by atoms with Gasteiger partial charge in [-0.2, -0.15) is 0 Å². The third-order valence-corrected chi connectivity index (χ3v) is 7.10. The molecule has 0 spiro atoms. The van der Waals surface area contributed by atoms with Crippen LogP contribution >= 0.6 is 23.2 Å². The number of hydrogen-bond acceptors (Lipinski definition) is 5. The van der Waals surface area contributed by atoms with Crippen LogP contribution in [0.2, 0.25) is 10.0 Å². The monoisotopic (exact) mass is 543 g/mol. The van der Waals surface area contributed by atoms with Crippen molar-refractivity contribution in [1.82, 2.24) is 10.2 Å². The highest BCUT2D eigenvalue weighted by molar-refractivity contribution is 7.92. The van der Waals surface area contributed by atoms with Gasteiger partial charge in [0, 0.05) is 28.2 Å². The first kappa shape index (κ1) is 28.7. The summed E-state index contributed by atoms with van der Waals surface area (Å²) in [5, 5.41) is 3.50. The van der Waals surface area contributed by atoms with E-state index in [1.807, 2.05) is 13.8 Å². The SMILES string of the molecule is CC[C@@H](C(=O)NC(C)C)N(Cc1c(Cl)cccc1Cl)C(=O)CN(c1ccc(OC)cc1)S(C)(=O)=O. The van der Waals surface area contributed by atoms with Crippen molar-refractivity contribution in [3.05, 3.63) is 58.1 Å². The van der Waals surface area contributed by atoms with Gasteiger partial charge in [0.2, 0.25) is 21.8 Å². The molecule has 2 aromatic carbocycles. The molecule has 0 saturated heterocycles. The molecule has 11 heteroatoms. The van der Waals surface area contributed by atoms with Gasteiger partial charge in [-0.1, -0.05) is 36.2 Å². The summed E-state index contributed by atoms with van der Waals surface area (Å²) in [5.41, 5.74) is 0.757. The van der Waals surface area contributed by atoms with E-state index in [0.29, 0.717) is 27.8 Å². The van der Waals surface area contributed by atoms with Crippen molar-refractivity contribution in [2.24, 2.45) is 0 Å². The van der Waals surface area contributed by atoms with Crippen LogP contribution in [0.15, 0.2) is 42.5 Å². The molecule has 0 aliphatic carbocycles. The summed E-state index contributed by atoms with van der Waals surface area (Å²) >= 11 is 12.7. The lowest BCUT2D eigenvalue weighted by molar-refractivity contribution is -0.140. The van der Waals surface area contributed by atoms with Gasteiger partial charge in [-0.25, -0.2) is 8.42 Å². The average molecular weight is 545 g/mol. The van der Waals surface area contributed by atoms with Crippen LogP contribution in [0, 0.1) is 0 Å². The largest absolute Gasteiger partial charge is 0.497 e. The number of rotatable bonds is 11. The lowest BCUT2D eigenvalue weighted by Crippen LogP contribution is -2.53. The molecule has 0 bridgehead atoms. The number of hydrogen-bond donors (Lipinski definition) is 1. The number of halogens is 2. The fraction of sp³-hybridized carbons (Fsp3) is 0.417. The van der Waals surface area contributed by atoms with Crippen molar-refractivity contribution in [2.45, 2.75) is 45.8 Å². The Bertz CT molecular complexity index is 1120. The number of ether oxygens (including phenoxy) is 1. The maximum absolute atomic E-state index is 13.6. The minimum absolute atomic E-state index is 0.0679. The molecule has 2 aromatic rings. The van der Waals surface area contributed by atoms with Crippen molar-refractivity contribution in [2.75, 3.05) is 24.2 Å². The highest BCUT2D eigenvalue weighted by Crippen LogP contribution is 2.28. The van der Waals surface area contributed by atoms with Crippen LogP contribution in [0.4, 0.5) is 5.69 Å². The molecule has 0 aliphatic rings. The number of nitrogens with one attached hydrogen (secondary N) is 1. The highest BCUT2D eigenvalue weighted by Gasteiger charge is 2.32. The average Bonchev–Trinajstić information content (AvgIpc) is 2.78. The lowest BCUT2D eigenvalue weighted by atomic mass is 10.1. The van der Waals surface area contributed by atoms with Crippen molar-refractivity contribution < 1.29 is 22.7 Å². The molecule has 8 nitrogen and oxygen atoms in total. The summed E-state index contributed by atoms with van der Waals surface area (Å²) in [6, 6.07) is 10.2. The Kier molecular flexibility index (Phi) is 10.2. The number of methoxy groups -OCH3 is 1. The van der Waals surface area contributed by atoms with E-state index in [4.69, 9.17) is 27.9 Å². The van der Waals surface area contributed by atoms with E-state index in [0.717, 1.165) is 10.6 Å². The zero-order chi connectivity index (χ0) is 26.3. The summed E-state index contributed by atoms with van der Waals surface area (Å²) in [6.07, 6.45) is 1.32. The number of sulfonamides is 1. The lowest BCUT2D eigenvalue weighted by Gasteiger charge is -2.33. The van der Waals surface area contributed by atoms with Gasteiger partial charge < -0.3 is 15.0 Å². The first-order valence-electron chi connectivity index (χ1n) is 11.0. The first-order chi connectivity index (χ1) is 16.4. The molecule has 0 saturated carbocycles. The Balaban J connectivity index is 2.49. The van der Waals surface area contributed by atoms with Crippen LogP contribution < -0.4 is 14.4 Å². The normalized spacial score (nSPS) is 12.2. The number of nitrogens with zero attached hydrogens (tertiary/aromatic N) is 2. The van der Waals surface area contributed by atoms with Gasteiger partial charge in [0.1, 0.15) is 18.3 Å². The molecule has 0 radical (unpaired) electrons. The fourth-order valence-corrected chi connectivity index (χ4v) is 4.88. The van der Waals surface area contributed by atoms with Gasteiger partial charge in [-0.3, -0.25) is 13.9 Å². The predicted molar refractivity (Wildman–Crippen MR) is 140 cm³/mol. The van der Waals surface area contributed by atoms with E-state index in [1.165, 1.54) is 12.0 Å². The third kappa shape index (κ3) is 7.75. The zero-order valence-corrected chi connectivity index (χ0v) is 22.7. The smallest absolute Gasteiger partial charge is 0.244 e. The molecule has 0 heterocycles. The third-order valence-electron chi connectivity index (χ3n) is 5.25. The molecule has 35 heavy (non-hydrogen) atoms. The molecular weight excluding hydrogens is 513 g/mol. The van der Waals surface area contributed by atoms with Crippen LogP contribution in [0.1, 0.15) is 32.8 Å². The molecule has 0 aromatic heterocycles. The summed E-state index contributed by atoms with van der Waals surface area (Å²) in [7, 11) is -2.34. The standard InChI is InChI=1S/C24H31Cl2N3O5S/c1-6-22(24(31)27-16(2)3)28(14-19-20(25)8-7-9-21(19)26)23(30)15-29(35(5,32)33)17-10-12-18(34-4)13-11-17/h7-13,16,22H,6,14-15H2,1-5H3,(H,27,31)/t22-/m0/s1. The second kappa shape index (κ2) is 12.5. The Morgan fingerprint density at radius 1 is 1.06 bits per heavy atom. The number of benzene rings is 2. The van der Waals surface area contributed by atoms with Crippen LogP contribution in [0.5, 0.6) is 5.75 Å². The Morgan fingerprint density at radius 3 is 2.09 bits per heavy atom. The zero-order valence-electron chi connectivity index (χ0n) is 20.4. The number of amides is 2. The van der Waals surface area contributed by atoms with E-state index < -0.39 is 28.5 Å². The van der Waals surface area contributed by atoms with Gasteiger partial charge in [0.15, 0.2) is 0 Å². The van der Waals surface area contributed by atoms with Crippen molar-refractivity contribution >= 4 is 50.7 Å². The Hall–Kier alpha value is -2.49. The van der Waals surface area contributed by atoms with Crippen LogP contribution in [-0.4, -0.2) is 57.1 Å². The molecule has 2 amide bonds. The van der Waals surface area contributed by atoms with Gasteiger partial charge >= 0.3 is 0 Å². The van der Waals surface area contributed by atoms with E-state index in [9.17, 15) is 18.0 Å². The Labute approximate surface area is 217 Å². The maximum Gasteiger partial charge on any atom is 0.244 e. The van der Waals surface area contributed by atoms with Gasteiger partial charge in [-0.05, 0) is 56.7 Å². The molecule has 0 fully saturated rings. The predicted octanol–water partition coefficient (Wildman–Crippen LogP) is 4.10. The number of carbonyl (C=O) groups is 2. The molecule has 1 N–H and O–H groups in total. The van der Waals surface area contributed by atoms with E-state index in [-0.39, 0.29) is 24.2 Å². The molecule has 0 unspecified atom stereocenters. The molecule has 2 rings (SSSR count). The number of anilines is 1. The first-order valence-corrected chi connectivity index (χ1v) is 13.6. The van der Waals surface area contributed by atoms with Crippen LogP contribution in [0.25, 0.3) is 0 Å². The minimum Gasteiger partial charge on any atom is -0.497 e. The second-order valence-electron chi connectivity index (χ2n) is 8.28. The molecule has 1 atom stereocenters. The Morgan fingerprint density at radius 2 is 1.63 bits per heavy atom. The summed E-state index contributed by atoms with van der Waals surface area (Å²) < 4.78 is 31.4. The topological polar surface area (TPSA) is 96.0 Å². The van der Waals surface area contributed by atoms with E-state index >= 15 is 0 Å². The van der Waals surface area contributed by atoms with Crippen molar-refractivity contribution in [3.8, 4) is 5.75 Å². The quantitative estimate of drug-likeness (QED) is 0.460. The van der Waals surface area contributed by atoms with Gasteiger partial charge in [0.25, 0.3) is 0 Å². The highest BCUT2D eigenvalue weighted by atomic mass is 35.5. The van der Waals surface area contributed by atoms with E-state index in [1.54, 1.807) is 49.4 Å². The summed E-state index contributed by atoms with van der Waals surface area (Å²) in [4.78, 5) is 28.0. The van der Waals surface area contributed by atoms with Crippen molar-refractivity contribution in [3.63, 3.8) is 0 Å². The van der Waals surface area contributed by atoms with Crippen LogP contribution in [0.3, 0.4) is 0 Å². The maximum atomic E-state index is 13.6. The molecular formula is C24H31Cl2N3O5S. The number of carbonyl (C=O) groups excluding carboxylic acids is 2. The van der Waals surface area contributed by atoms with E-state index in [2.05, 4.69) is 5.32 Å². The molecule has 0 aliphatic heterocycles. The summed E-state index contributed by atoms with van der Waals surface area (Å²) in [6.45, 7) is 4.82. The van der Waals surface area contributed by atoms with Gasteiger partial charge in [0.05, 0.1) is 19.1 Å². The fourth-order valence-electron chi connectivity index (χ4n) is 3.52. The van der Waals surface area contributed by atoms with Crippen molar-refractivity contribution in [1.29, 1.82) is 0 Å². The van der Waals surface area contributed by atoms with Crippen LogP contribution in [-0.2, 0) is 26.2 Å². The summed E-state index contributed by atoms with van der Waals surface area (Å²) in [5.74, 6) is -0.387. The second-order valence-corrected chi connectivity index (χ2v) is 11.0.